The molecule has 9 heteroatoms. The molecule has 6 nitrogen and oxygen atoms in total. The normalized spacial score (nSPS) is 14.6. The van der Waals surface area contributed by atoms with Crippen LogP contribution in [-0.4, -0.2) is 25.4 Å². The molecule has 0 bridgehead atoms. The van der Waals surface area contributed by atoms with Crippen molar-refractivity contribution in [3.8, 4) is 0 Å². The number of halogens is 2. The van der Waals surface area contributed by atoms with Crippen LogP contribution in [0.4, 0.5) is 10.2 Å². The van der Waals surface area contributed by atoms with Crippen LogP contribution in [0.15, 0.2) is 41.4 Å². The maximum atomic E-state index is 13.5. The number of aromatic nitrogens is 3. The van der Waals surface area contributed by atoms with Crippen LogP contribution >= 0.6 is 11.6 Å². The van der Waals surface area contributed by atoms with Crippen LogP contribution in [0.3, 0.4) is 0 Å². The van der Waals surface area contributed by atoms with E-state index in [-0.39, 0.29) is 10.7 Å². The molecule has 0 aliphatic carbocycles. The van der Waals surface area contributed by atoms with Crippen LogP contribution < -0.4 is 5.32 Å². The molecular weight excluding hydrogens is 389 g/mol. The molecule has 0 saturated heterocycles. The van der Waals surface area contributed by atoms with Crippen molar-refractivity contribution in [2.75, 3.05) is 11.6 Å². The lowest BCUT2D eigenvalue weighted by Crippen LogP contribution is -2.15. The van der Waals surface area contributed by atoms with Gasteiger partial charge in [0.2, 0.25) is 0 Å². The summed E-state index contributed by atoms with van der Waals surface area (Å²) in [6.45, 7) is 3.30. The van der Waals surface area contributed by atoms with Gasteiger partial charge in [0.25, 0.3) is 0 Å². The number of aryl methyl sites for hydroxylation is 2. The molecule has 27 heavy (non-hydrogen) atoms. The fourth-order valence-electron chi connectivity index (χ4n) is 2.75. The van der Waals surface area contributed by atoms with Crippen molar-refractivity contribution in [2.24, 2.45) is 0 Å². The van der Waals surface area contributed by atoms with Crippen molar-refractivity contribution < 1.29 is 8.60 Å². The lowest BCUT2D eigenvalue weighted by molar-refractivity contribution is 0.610. The maximum absolute atomic E-state index is 13.5. The average Bonchev–Trinajstić information content (AvgIpc) is 2.97. The number of anilines is 1. The van der Waals surface area contributed by atoms with Gasteiger partial charge in [-0.2, -0.15) is 0 Å². The summed E-state index contributed by atoms with van der Waals surface area (Å²) in [6, 6.07) is 9.56. The monoisotopic (exact) mass is 407 g/mol. The second-order valence-electron chi connectivity index (χ2n) is 6.29. The minimum Gasteiger partial charge on any atom is -0.356 e. The van der Waals surface area contributed by atoms with Gasteiger partial charge in [0.1, 0.15) is 23.5 Å². The Hall–Kier alpha value is -2.45. The standard InChI is InChI=1S/C18H19ClFN5OS/c1-10-14(20)7-8-15(22-10)24-16(12-5-4-6-13(19)9-12)17-23-11(2)18(25-17)27(3,21)26/h4-9,16,21H,1-3H3,(H,22,24)(H,23,25)/t16-,27+/m0/s1. The summed E-state index contributed by atoms with van der Waals surface area (Å²) >= 11 is 6.13. The Morgan fingerprint density at radius 1 is 1.26 bits per heavy atom. The van der Waals surface area contributed by atoms with Crippen LogP contribution in [0, 0.1) is 24.4 Å². The summed E-state index contributed by atoms with van der Waals surface area (Å²) in [7, 11) is -2.98. The van der Waals surface area contributed by atoms with Crippen molar-refractivity contribution >= 4 is 27.1 Å². The fourth-order valence-corrected chi connectivity index (χ4v) is 3.86. The molecule has 0 aliphatic rings. The van der Waals surface area contributed by atoms with E-state index in [1.807, 2.05) is 6.07 Å². The van der Waals surface area contributed by atoms with E-state index >= 15 is 0 Å². The van der Waals surface area contributed by atoms with Gasteiger partial charge in [0, 0.05) is 17.0 Å². The van der Waals surface area contributed by atoms with Gasteiger partial charge in [-0.15, -0.1) is 0 Å². The zero-order valence-electron chi connectivity index (χ0n) is 15.0. The zero-order chi connectivity index (χ0) is 19.8. The van der Waals surface area contributed by atoms with E-state index < -0.39 is 21.6 Å². The molecule has 0 amide bonds. The highest BCUT2D eigenvalue weighted by molar-refractivity contribution is 7.91. The van der Waals surface area contributed by atoms with Gasteiger partial charge >= 0.3 is 0 Å². The molecule has 0 saturated carbocycles. The number of H-pyrrole nitrogens is 1. The summed E-state index contributed by atoms with van der Waals surface area (Å²) < 4.78 is 33.5. The summed E-state index contributed by atoms with van der Waals surface area (Å²) in [6.07, 6.45) is 1.33. The van der Waals surface area contributed by atoms with Crippen molar-refractivity contribution in [3.05, 3.63) is 70.0 Å². The first-order chi connectivity index (χ1) is 12.6. The van der Waals surface area contributed by atoms with Gasteiger partial charge in [0.15, 0.2) is 5.03 Å². The topological polar surface area (TPSA) is 94.5 Å². The van der Waals surface area contributed by atoms with Crippen LogP contribution in [0.25, 0.3) is 0 Å². The molecule has 2 atom stereocenters. The second kappa shape index (κ2) is 7.28. The third-order valence-electron chi connectivity index (χ3n) is 4.00. The van der Waals surface area contributed by atoms with Crippen molar-refractivity contribution in [1.82, 2.24) is 15.0 Å². The van der Waals surface area contributed by atoms with Gasteiger partial charge < -0.3 is 10.3 Å². The van der Waals surface area contributed by atoms with Crippen molar-refractivity contribution in [1.29, 1.82) is 4.78 Å². The van der Waals surface area contributed by atoms with E-state index in [1.54, 1.807) is 32.0 Å². The highest BCUT2D eigenvalue weighted by Crippen LogP contribution is 2.28. The molecule has 0 aliphatic heterocycles. The molecule has 2 aromatic heterocycles. The summed E-state index contributed by atoms with van der Waals surface area (Å²) in [4.78, 5) is 11.7. The molecular formula is C18H19ClFN5OS. The molecule has 0 spiro atoms. The minimum absolute atomic E-state index is 0.203. The number of pyridine rings is 1. The number of nitrogens with zero attached hydrogens (tertiary/aromatic N) is 2. The van der Waals surface area contributed by atoms with E-state index in [4.69, 9.17) is 16.4 Å². The molecule has 142 valence electrons. The number of imidazole rings is 1. The van der Waals surface area contributed by atoms with E-state index in [2.05, 4.69) is 20.3 Å². The molecule has 0 unspecified atom stereocenters. The summed E-state index contributed by atoms with van der Waals surface area (Å²) in [5.41, 5.74) is 1.62. The van der Waals surface area contributed by atoms with Crippen molar-refractivity contribution in [2.45, 2.75) is 24.9 Å². The third-order valence-corrected chi connectivity index (χ3v) is 5.37. The van der Waals surface area contributed by atoms with Crippen LogP contribution in [0.5, 0.6) is 0 Å². The summed E-state index contributed by atoms with van der Waals surface area (Å²) in [5, 5.41) is 3.97. The van der Waals surface area contributed by atoms with Gasteiger partial charge in [-0.05, 0) is 43.7 Å². The number of benzene rings is 1. The molecule has 3 N–H and O–H groups in total. The number of aromatic amines is 1. The van der Waals surface area contributed by atoms with Crippen LogP contribution in [0.2, 0.25) is 5.02 Å². The third kappa shape index (κ3) is 4.28. The Balaban J connectivity index is 2.09. The van der Waals surface area contributed by atoms with E-state index in [1.165, 1.54) is 18.4 Å². The van der Waals surface area contributed by atoms with Gasteiger partial charge in [0.05, 0.1) is 15.4 Å². The van der Waals surface area contributed by atoms with Gasteiger partial charge in [-0.1, -0.05) is 23.7 Å². The molecule has 3 aromatic rings. The predicted octanol–water partition coefficient (Wildman–Crippen LogP) is 4.45. The highest BCUT2D eigenvalue weighted by Gasteiger charge is 2.22. The number of hydrogen-bond acceptors (Lipinski definition) is 5. The van der Waals surface area contributed by atoms with Gasteiger partial charge in [-0.3, -0.25) is 0 Å². The number of hydrogen-bond donors (Lipinski definition) is 3. The molecule has 3 rings (SSSR count). The maximum Gasteiger partial charge on any atom is 0.156 e. The predicted molar refractivity (Wildman–Crippen MR) is 104 cm³/mol. The molecule has 1 aromatic carbocycles. The van der Waals surface area contributed by atoms with E-state index in [9.17, 15) is 8.60 Å². The highest BCUT2D eigenvalue weighted by atomic mass is 35.5. The first-order valence-electron chi connectivity index (χ1n) is 8.10. The Labute approximate surface area is 162 Å². The first-order valence-corrected chi connectivity index (χ1v) is 10.4. The lowest BCUT2D eigenvalue weighted by atomic mass is 10.1. The second-order valence-corrected chi connectivity index (χ2v) is 8.80. The van der Waals surface area contributed by atoms with E-state index in [0.29, 0.717) is 22.4 Å². The Morgan fingerprint density at radius 3 is 2.59 bits per heavy atom. The number of rotatable bonds is 5. The average molecular weight is 408 g/mol. The fraction of sp³-hybridized carbons (Fsp3) is 0.222. The SMILES string of the molecule is Cc1nc(N[C@@H](c2cccc(Cl)c2)c2nc([S@](C)(=N)=O)c(C)[nH]2)ccc1F. The Bertz CT molecular complexity index is 1100. The molecule has 2 heterocycles. The lowest BCUT2D eigenvalue weighted by Gasteiger charge is -2.18. The smallest absolute Gasteiger partial charge is 0.156 e. The molecule has 0 radical (unpaired) electrons. The molecule has 0 fully saturated rings. The minimum atomic E-state index is -2.98. The largest absolute Gasteiger partial charge is 0.356 e. The van der Waals surface area contributed by atoms with Crippen LogP contribution in [0.1, 0.15) is 28.8 Å². The van der Waals surface area contributed by atoms with E-state index in [0.717, 1.165) is 5.56 Å². The first kappa shape index (κ1) is 19.3. The van der Waals surface area contributed by atoms with Crippen LogP contribution in [-0.2, 0) is 9.73 Å². The zero-order valence-corrected chi connectivity index (χ0v) is 16.6. The number of nitrogens with one attached hydrogen (secondary N) is 3. The Morgan fingerprint density at radius 2 is 2.00 bits per heavy atom. The van der Waals surface area contributed by atoms with Crippen molar-refractivity contribution in [3.63, 3.8) is 0 Å². The quantitative estimate of drug-likeness (QED) is 0.582. The Kier molecular flexibility index (Phi) is 5.21. The van der Waals surface area contributed by atoms with Gasteiger partial charge in [-0.25, -0.2) is 23.3 Å². The summed E-state index contributed by atoms with van der Waals surface area (Å²) in [5.74, 6) is 0.531.